The lowest BCUT2D eigenvalue weighted by molar-refractivity contribution is -0.118. The first-order chi connectivity index (χ1) is 9.19. The van der Waals surface area contributed by atoms with Gasteiger partial charge in [-0.15, -0.1) is 0 Å². The number of Topliss-reactive ketones (excluding diaryl/α,β-unsaturated/α-hetero) is 1. The predicted octanol–water partition coefficient (Wildman–Crippen LogP) is 5.49. The van der Waals surface area contributed by atoms with Crippen LogP contribution < -0.4 is 0 Å². The van der Waals surface area contributed by atoms with Crippen molar-refractivity contribution < 1.29 is 4.79 Å². The van der Waals surface area contributed by atoms with Crippen LogP contribution in [0.2, 0.25) is 0 Å². The maximum Gasteiger partial charge on any atom is 0.132 e. The highest BCUT2D eigenvalue weighted by molar-refractivity contribution is 9.10. The second-order valence-corrected chi connectivity index (χ2v) is 4.95. The zero-order chi connectivity index (χ0) is 14.1. The van der Waals surface area contributed by atoms with E-state index in [0.717, 1.165) is 4.47 Å². The van der Waals surface area contributed by atoms with Crippen molar-refractivity contribution in [2.75, 3.05) is 0 Å². The van der Waals surface area contributed by atoms with Crippen molar-refractivity contribution in [2.24, 2.45) is 0 Å². The number of carbonyl (C=O) groups is 1. The quantitative estimate of drug-likeness (QED) is 0.731. The Morgan fingerprint density at radius 2 is 1.42 bits per heavy atom. The molecule has 0 saturated heterocycles. The SMILES string of the molecule is Brc1ccccc1-c1ccccc1.CCC(=O)CC. The van der Waals surface area contributed by atoms with Crippen molar-refractivity contribution in [1.29, 1.82) is 0 Å². The lowest BCUT2D eigenvalue weighted by atomic mass is 10.1. The molecule has 2 rings (SSSR count). The van der Waals surface area contributed by atoms with Gasteiger partial charge in [-0.3, -0.25) is 4.79 Å². The summed E-state index contributed by atoms with van der Waals surface area (Å²) < 4.78 is 1.14. The van der Waals surface area contributed by atoms with Gasteiger partial charge in [-0.05, 0) is 17.2 Å². The van der Waals surface area contributed by atoms with E-state index in [9.17, 15) is 4.79 Å². The molecule has 0 amide bonds. The second kappa shape index (κ2) is 8.65. The molecule has 2 aromatic rings. The molecule has 0 aliphatic carbocycles. The summed E-state index contributed by atoms with van der Waals surface area (Å²) in [6.45, 7) is 3.76. The third-order valence-electron chi connectivity index (χ3n) is 2.75. The zero-order valence-electron chi connectivity index (χ0n) is 11.4. The Balaban J connectivity index is 0.000000258. The molecule has 0 saturated carbocycles. The van der Waals surface area contributed by atoms with E-state index in [1.54, 1.807) is 0 Å². The highest BCUT2D eigenvalue weighted by Crippen LogP contribution is 2.27. The minimum absolute atomic E-state index is 0.343. The molecule has 0 aliphatic rings. The predicted molar refractivity (Wildman–Crippen MR) is 85.2 cm³/mol. The van der Waals surface area contributed by atoms with Crippen LogP contribution in [-0.2, 0) is 4.79 Å². The molecular formula is C17H19BrO. The molecule has 0 radical (unpaired) electrons. The van der Waals surface area contributed by atoms with Crippen LogP contribution in [0.1, 0.15) is 26.7 Å². The Labute approximate surface area is 123 Å². The standard InChI is InChI=1S/C12H9Br.C5H10O/c13-12-9-5-4-8-11(12)10-6-2-1-3-7-10;1-3-5(6)4-2/h1-9H;3-4H2,1-2H3. The van der Waals surface area contributed by atoms with Crippen molar-refractivity contribution in [3.05, 3.63) is 59.1 Å². The first-order valence-electron chi connectivity index (χ1n) is 6.50. The van der Waals surface area contributed by atoms with Crippen molar-refractivity contribution in [2.45, 2.75) is 26.7 Å². The fraction of sp³-hybridized carbons (Fsp3) is 0.235. The van der Waals surface area contributed by atoms with Crippen LogP contribution in [0.4, 0.5) is 0 Å². The molecule has 19 heavy (non-hydrogen) atoms. The number of benzene rings is 2. The first kappa shape index (κ1) is 15.6. The Morgan fingerprint density at radius 1 is 0.895 bits per heavy atom. The van der Waals surface area contributed by atoms with E-state index in [2.05, 4.69) is 52.3 Å². The number of ketones is 1. The van der Waals surface area contributed by atoms with E-state index in [-0.39, 0.29) is 0 Å². The molecule has 0 spiro atoms. The minimum Gasteiger partial charge on any atom is -0.300 e. The highest BCUT2D eigenvalue weighted by atomic mass is 79.9. The molecule has 1 nitrogen and oxygen atoms in total. The van der Waals surface area contributed by atoms with Crippen LogP contribution in [-0.4, -0.2) is 5.78 Å². The Morgan fingerprint density at radius 3 is 1.89 bits per heavy atom. The van der Waals surface area contributed by atoms with Crippen molar-refractivity contribution >= 4 is 21.7 Å². The molecule has 2 heteroatoms. The molecule has 0 fully saturated rings. The van der Waals surface area contributed by atoms with Gasteiger partial charge in [0.1, 0.15) is 5.78 Å². The van der Waals surface area contributed by atoms with Gasteiger partial charge in [0.15, 0.2) is 0 Å². The first-order valence-corrected chi connectivity index (χ1v) is 7.30. The minimum atomic E-state index is 0.343. The number of halogens is 1. The molecule has 0 unspecified atom stereocenters. The average molecular weight is 319 g/mol. The second-order valence-electron chi connectivity index (χ2n) is 4.09. The summed E-state index contributed by atoms with van der Waals surface area (Å²) in [5.41, 5.74) is 2.48. The van der Waals surface area contributed by atoms with Gasteiger partial charge in [0.05, 0.1) is 0 Å². The van der Waals surface area contributed by atoms with Crippen LogP contribution in [0.25, 0.3) is 11.1 Å². The number of hydrogen-bond acceptors (Lipinski definition) is 1. The fourth-order valence-electron chi connectivity index (χ4n) is 1.56. The smallest absolute Gasteiger partial charge is 0.132 e. The normalized spacial score (nSPS) is 9.42. The molecule has 100 valence electrons. The Hall–Kier alpha value is -1.41. The Bertz CT molecular complexity index is 500. The summed E-state index contributed by atoms with van der Waals surface area (Å²) in [5.74, 6) is 0.343. The maximum atomic E-state index is 10.2. The average Bonchev–Trinajstić information content (AvgIpc) is 2.48. The lowest BCUT2D eigenvalue weighted by Gasteiger charge is -2.02. The summed E-state index contributed by atoms with van der Waals surface area (Å²) in [6.07, 6.45) is 1.38. The van der Waals surface area contributed by atoms with Crippen LogP contribution in [0.5, 0.6) is 0 Å². The lowest BCUT2D eigenvalue weighted by Crippen LogP contribution is -1.88. The fourth-order valence-corrected chi connectivity index (χ4v) is 2.08. The molecule has 0 aromatic heterocycles. The van der Waals surface area contributed by atoms with Gasteiger partial charge in [-0.2, -0.15) is 0 Å². The van der Waals surface area contributed by atoms with E-state index >= 15 is 0 Å². The van der Waals surface area contributed by atoms with E-state index in [1.165, 1.54) is 11.1 Å². The summed E-state index contributed by atoms with van der Waals surface area (Å²) >= 11 is 3.53. The largest absolute Gasteiger partial charge is 0.300 e. The van der Waals surface area contributed by atoms with E-state index in [4.69, 9.17) is 0 Å². The summed E-state index contributed by atoms with van der Waals surface area (Å²) in [4.78, 5) is 10.2. The molecule has 0 N–H and O–H groups in total. The van der Waals surface area contributed by atoms with Crippen LogP contribution in [0.3, 0.4) is 0 Å². The summed E-state index contributed by atoms with van der Waals surface area (Å²) in [7, 11) is 0. The maximum absolute atomic E-state index is 10.2. The van der Waals surface area contributed by atoms with Crippen LogP contribution in [0, 0.1) is 0 Å². The van der Waals surface area contributed by atoms with E-state index in [0.29, 0.717) is 18.6 Å². The van der Waals surface area contributed by atoms with Gasteiger partial charge in [-0.1, -0.05) is 78.3 Å². The zero-order valence-corrected chi connectivity index (χ0v) is 13.0. The number of rotatable bonds is 3. The third kappa shape index (κ3) is 5.39. The molecule has 0 bridgehead atoms. The van der Waals surface area contributed by atoms with E-state index < -0.39 is 0 Å². The topological polar surface area (TPSA) is 17.1 Å². The highest BCUT2D eigenvalue weighted by Gasteiger charge is 1.99. The molecular weight excluding hydrogens is 300 g/mol. The van der Waals surface area contributed by atoms with Gasteiger partial charge in [0, 0.05) is 17.3 Å². The Kier molecular flexibility index (Phi) is 7.12. The number of hydrogen-bond donors (Lipinski definition) is 0. The monoisotopic (exact) mass is 318 g/mol. The molecule has 0 atom stereocenters. The van der Waals surface area contributed by atoms with Gasteiger partial charge in [0.2, 0.25) is 0 Å². The van der Waals surface area contributed by atoms with Gasteiger partial charge >= 0.3 is 0 Å². The molecule has 0 aliphatic heterocycles. The molecule has 2 aromatic carbocycles. The van der Waals surface area contributed by atoms with Crippen LogP contribution >= 0.6 is 15.9 Å². The van der Waals surface area contributed by atoms with Gasteiger partial charge in [0.25, 0.3) is 0 Å². The van der Waals surface area contributed by atoms with Crippen molar-refractivity contribution in [1.82, 2.24) is 0 Å². The van der Waals surface area contributed by atoms with Crippen molar-refractivity contribution in [3.8, 4) is 11.1 Å². The third-order valence-corrected chi connectivity index (χ3v) is 3.44. The summed E-state index contributed by atoms with van der Waals surface area (Å²) in [5, 5.41) is 0. The summed E-state index contributed by atoms with van der Waals surface area (Å²) in [6, 6.07) is 18.6. The van der Waals surface area contributed by atoms with Crippen molar-refractivity contribution in [3.63, 3.8) is 0 Å². The molecule has 0 heterocycles. The number of carbonyl (C=O) groups excluding carboxylic acids is 1. The van der Waals surface area contributed by atoms with E-state index in [1.807, 2.05) is 32.0 Å². The van der Waals surface area contributed by atoms with Gasteiger partial charge in [-0.25, -0.2) is 0 Å². The van der Waals surface area contributed by atoms with Crippen LogP contribution in [0.15, 0.2) is 59.1 Å². The van der Waals surface area contributed by atoms with Gasteiger partial charge < -0.3 is 0 Å².